The molecule has 1 atom stereocenters. The molecule has 2 aromatic heterocycles. The van der Waals surface area contributed by atoms with Crippen LogP contribution in [0.1, 0.15) is 128 Å². The van der Waals surface area contributed by atoms with Gasteiger partial charge in [0.1, 0.15) is 46.7 Å². The molecular weight excluding hydrogens is 1480 g/mol. The number of aromatic amines is 1. The molecule has 0 aliphatic rings. The number of nitrogens with zero attached hydrogens (tertiary/aromatic N) is 3. The maximum absolute atomic E-state index is 14.4. The summed E-state index contributed by atoms with van der Waals surface area (Å²) in [5, 5.41) is -0.490. The fraction of sp³-hybridized carbons (Fsp3) is 0.155. The molecule has 115 heavy (non-hydrogen) atoms. The molecule has 0 amide bonds. The van der Waals surface area contributed by atoms with E-state index in [9.17, 15) is 36.0 Å². The van der Waals surface area contributed by atoms with Crippen LogP contribution >= 0.6 is 0 Å². The summed E-state index contributed by atoms with van der Waals surface area (Å²) in [4.78, 5) is 58.1. The normalized spacial score (nSPS) is 12.4. The van der Waals surface area contributed by atoms with Crippen LogP contribution in [-0.2, 0) is 42.7 Å². The van der Waals surface area contributed by atoms with Crippen molar-refractivity contribution >= 4 is 53.3 Å². The van der Waals surface area contributed by atoms with Crippen LogP contribution in [0, 0.1) is 5.92 Å². The van der Waals surface area contributed by atoms with Gasteiger partial charge in [-0.25, -0.2) is 26.4 Å². The monoisotopic (exact) mass is 1560 g/mol. The first-order chi connectivity index (χ1) is 55.1. The molecule has 18 heteroatoms. The van der Waals surface area contributed by atoms with E-state index in [-0.39, 0.29) is 61.0 Å². The van der Waals surface area contributed by atoms with Crippen molar-refractivity contribution in [3.8, 4) is 51.6 Å². The van der Waals surface area contributed by atoms with Crippen molar-refractivity contribution in [3.63, 3.8) is 0 Å². The summed E-state index contributed by atoms with van der Waals surface area (Å²) in [6, 6.07) is 94.4. The maximum atomic E-state index is 14.4. The number of H-pyrrole nitrogens is 1. The number of imidazole rings is 2. The van der Waals surface area contributed by atoms with Crippen molar-refractivity contribution in [1.29, 1.82) is 0 Å². The van der Waals surface area contributed by atoms with Crippen molar-refractivity contribution in [1.82, 2.24) is 18.7 Å². The molecule has 0 saturated carbocycles. The zero-order valence-electron chi connectivity index (χ0n) is 64.9. The zero-order valence-corrected chi connectivity index (χ0v) is 66.6. The standard InChI is InChI=1S/C97H84N4O12S2/c1-63(2)64(3)114(106,107)84-60-54-82(55-61-84)112-81-50-34-72(35-51-81)96(6,7)73-36-52-83(53-37-73)113-97(8,9)74-28-22-67(23-29-74)92(103)69-26-44-79(45-27-69)111-80-48-32-71(33-49-80)95(4,5)70-30-46-78(47-31-70)110-62-65-18-20-66(21-19-65)91(102)68-24-38-76(39-25-68)100-89-16-12-13-17-90(89)101(94(100)105)77-42-58-86(59-43-77)115(108,109)85-56-40-75(41-57-85)99-88-15-11-10-14-87(88)98-93(99)104/h10-61,63-64H,62H2,1-9H3,(H,98,104). The number of hydrogen-bond donors (Lipinski definition) is 1. The van der Waals surface area contributed by atoms with E-state index in [1.165, 1.54) is 33.4 Å². The number of ketones is 2. The lowest BCUT2D eigenvalue weighted by atomic mass is 9.78. The minimum absolute atomic E-state index is 0.000383. The second-order valence-corrected chi connectivity index (χ2v) is 34.9. The van der Waals surface area contributed by atoms with Crippen molar-refractivity contribution < 1.29 is 45.4 Å². The molecule has 1 N–H and O–H groups in total. The average Bonchev–Trinajstić information content (AvgIpc) is 1.63. The second-order valence-electron chi connectivity index (χ2n) is 30.6. The molecule has 13 aromatic carbocycles. The minimum atomic E-state index is -3.98. The molecule has 1 unspecified atom stereocenters. The number of nitrogens with one attached hydrogen (secondary N) is 1. The zero-order chi connectivity index (χ0) is 80.7. The predicted octanol–water partition coefficient (Wildman–Crippen LogP) is 20.7. The van der Waals surface area contributed by atoms with Gasteiger partial charge in [-0.1, -0.05) is 163 Å². The number of benzene rings is 13. The Balaban J connectivity index is 0.510. The highest BCUT2D eigenvalue weighted by atomic mass is 32.2. The van der Waals surface area contributed by atoms with E-state index in [4.69, 9.17) is 18.9 Å². The van der Waals surface area contributed by atoms with Crippen molar-refractivity contribution in [2.24, 2.45) is 5.92 Å². The molecule has 15 aromatic rings. The van der Waals surface area contributed by atoms with Crippen LogP contribution in [0.2, 0.25) is 0 Å². The molecule has 0 aliphatic heterocycles. The van der Waals surface area contributed by atoms with Gasteiger partial charge in [0.15, 0.2) is 21.4 Å². The third kappa shape index (κ3) is 15.7. The quantitative estimate of drug-likeness (QED) is 0.0503. The van der Waals surface area contributed by atoms with Gasteiger partial charge < -0.3 is 23.9 Å². The van der Waals surface area contributed by atoms with E-state index in [1.807, 2.05) is 167 Å². The summed E-state index contributed by atoms with van der Waals surface area (Å²) >= 11 is 0. The lowest BCUT2D eigenvalue weighted by molar-refractivity contribution is 0.102. The molecule has 0 spiro atoms. The summed E-state index contributed by atoms with van der Waals surface area (Å²) < 4.78 is 83.6. The van der Waals surface area contributed by atoms with E-state index in [0.29, 0.717) is 95.9 Å². The SMILES string of the molecule is CC(C)C(C)S(=O)(=O)c1ccc(Oc2ccc(C(C)(C)c3ccc(OC(C)(C)c4ccc(C(=O)c5ccc(Oc6ccc(C(C)(C)c7ccc(OCc8ccc(C(=O)c9ccc(-n%10c(=O)n(-c%11ccc(S(=O)(=O)c%12ccc(-n%13c(=O)[nH]c%14ccccc%14%13)cc%12)cc%11)c%11ccccc%11%10)cc9)cc8)cc7)cc6)cc5)cc4)cc3)cc2)cc1. The minimum Gasteiger partial charge on any atom is -0.489 e. The van der Waals surface area contributed by atoms with Gasteiger partial charge in [-0.3, -0.25) is 23.3 Å². The van der Waals surface area contributed by atoms with Gasteiger partial charge in [-0.2, -0.15) is 0 Å². The first-order valence-corrected chi connectivity index (χ1v) is 40.9. The highest BCUT2D eigenvalue weighted by Crippen LogP contribution is 2.39. The number of carbonyl (C=O) groups excluding carboxylic acids is 2. The van der Waals surface area contributed by atoms with Crippen LogP contribution < -0.4 is 30.3 Å². The molecule has 15 rings (SSSR count). The van der Waals surface area contributed by atoms with E-state index < -0.39 is 30.5 Å². The van der Waals surface area contributed by atoms with Crippen LogP contribution in [0.5, 0.6) is 34.5 Å². The number of aromatic nitrogens is 4. The first kappa shape index (κ1) is 77.2. The Morgan fingerprint density at radius 1 is 0.365 bits per heavy atom. The first-order valence-electron chi connectivity index (χ1n) is 37.9. The largest absolute Gasteiger partial charge is 0.489 e. The Labute approximate surface area is 668 Å². The van der Waals surface area contributed by atoms with Gasteiger partial charge in [0.2, 0.25) is 9.84 Å². The summed E-state index contributed by atoms with van der Waals surface area (Å²) in [6.45, 7) is 18.5. The average molecular weight is 1560 g/mol. The molecule has 0 aliphatic carbocycles. The highest BCUT2D eigenvalue weighted by Gasteiger charge is 2.30. The molecule has 576 valence electrons. The van der Waals surface area contributed by atoms with Crippen LogP contribution in [0.15, 0.2) is 340 Å². The molecule has 16 nitrogen and oxygen atoms in total. The van der Waals surface area contributed by atoms with Crippen molar-refractivity contribution in [3.05, 3.63) is 392 Å². The third-order valence-electron chi connectivity index (χ3n) is 21.8. The Morgan fingerprint density at radius 3 is 1.13 bits per heavy atom. The predicted molar refractivity (Wildman–Crippen MR) is 450 cm³/mol. The van der Waals surface area contributed by atoms with Crippen molar-refractivity contribution in [2.45, 2.75) is 105 Å². The lowest BCUT2D eigenvalue weighted by Gasteiger charge is -2.29. The van der Waals surface area contributed by atoms with E-state index in [0.717, 1.165) is 33.4 Å². The molecule has 0 saturated heterocycles. The van der Waals surface area contributed by atoms with Gasteiger partial charge in [-0.15, -0.1) is 0 Å². The Morgan fingerprint density at radius 2 is 0.696 bits per heavy atom. The number of hydrogen-bond acceptors (Lipinski definition) is 12. The van der Waals surface area contributed by atoms with E-state index >= 15 is 0 Å². The Hall–Kier alpha value is -13.2. The van der Waals surface area contributed by atoms with Crippen LogP contribution in [0.4, 0.5) is 0 Å². The van der Waals surface area contributed by atoms with E-state index in [2.05, 4.69) is 69.1 Å². The summed E-state index contributed by atoms with van der Waals surface area (Å²) in [5.41, 5.74) is 10.1. The topological polar surface area (TPSA) is 204 Å². The molecule has 2 heterocycles. The molecule has 0 fully saturated rings. The van der Waals surface area contributed by atoms with Gasteiger partial charge in [-0.05, 0) is 254 Å². The van der Waals surface area contributed by atoms with Crippen LogP contribution in [0.3, 0.4) is 0 Å². The van der Waals surface area contributed by atoms with Crippen molar-refractivity contribution in [2.75, 3.05) is 0 Å². The lowest BCUT2D eigenvalue weighted by Crippen LogP contribution is -2.25. The van der Waals surface area contributed by atoms with Gasteiger partial charge in [0, 0.05) is 33.1 Å². The van der Waals surface area contributed by atoms with E-state index in [1.54, 1.807) is 127 Å². The van der Waals surface area contributed by atoms with Gasteiger partial charge in [0.25, 0.3) is 0 Å². The number of ether oxygens (including phenoxy) is 4. The van der Waals surface area contributed by atoms with Gasteiger partial charge >= 0.3 is 11.4 Å². The summed E-state index contributed by atoms with van der Waals surface area (Å²) in [6.07, 6.45) is 0. The highest BCUT2D eigenvalue weighted by molar-refractivity contribution is 7.92. The smallest absolute Gasteiger partial charge is 0.338 e. The third-order valence-corrected chi connectivity index (χ3v) is 26.1. The number of rotatable bonds is 26. The number of para-hydroxylation sites is 4. The van der Waals surface area contributed by atoms with Crippen LogP contribution in [-0.4, -0.2) is 52.3 Å². The molecule has 0 bridgehead atoms. The Bertz CT molecular complexity index is 6470. The fourth-order valence-electron chi connectivity index (χ4n) is 14.4. The molecule has 0 radical (unpaired) electrons. The molecular formula is C97H84N4O12S2. The number of carbonyl (C=O) groups is 2. The second kappa shape index (κ2) is 31.1. The Kier molecular flexibility index (Phi) is 20.9. The fourth-order valence-corrected chi connectivity index (χ4v) is 17.3. The number of sulfone groups is 2. The maximum Gasteiger partial charge on any atom is 0.338 e. The van der Waals surface area contributed by atoms with Gasteiger partial charge in [0.05, 0.1) is 59.1 Å². The van der Waals surface area contributed by atoms with Crippen LogP contribution in [0.25, 0.3) is 39.1 Å². The summed E-state index contributed by atoms with van der Waals surface area (Å²) in [5.74, 6) is 3.55. The number of fused-ring (bicyclic) bond motifs is 2. The summed E-state index contributed by atoms with van der Waals surface area (Å²) in [7, 11) is -7.42.